The van der Waals surface area contributed by atoms with Gasteiger partial charge in [-0.1, -0.05) is 60.6 Å². The van der Waals surface area contributed by atoms with Crippen LogP contribution in [0, 0.1) is 0 Å². The van der Waals surface area contributed by atoms with Crippen LogP contribution in [-0.2, 0) is 0 Å². The van der Waals surface area contributed by atoms with Crippen LogP contribution in [0.5, 0.6) is 0 Å². The lowest BCUT2D eigenvalue weighted by molar-refractivity contribution is 0.871. The Morgan fingerprint density at radius 3 is 1.93 bits per heavy atom. The fourth-order valence-corrected chi connectivity index (χ4v) is 1.46. The maximum atomic E-state index is 7.40. The van der Waals surface area contributed by atoms with E-state index in [2.05, 4.69) is 0 Å². The standard InChI is InChI=1S/C13H13N/c14-13(11-7-3-1-4-8-11)12-9-5-2-6-10-12/h1-10,13H,14H2/i1D/t13-/m0/s1. The fourth-order valence-electron chi connectivity index (χ4n) is 1.46. The van der Waals surface area contributed by atoms with Gasteiger partial charge in [0.15, 0.2) is 0 Å². The van der Waals surface area contributed by atoms with Gasteiger partial charge in [-0.2, -0.15) is 0 Å². The van der Waals surface area contributed by atoms with Crippen molar-refractivity contribution in [3.05, 3.63) is 71.8 Å². The highest BCUT2D eigenvalue weighted by molar-refractivity contribution is 5.30. The van der Waals surface area contributed by atoms with E-state index in [0.717, 1.165) is 11.1 Å². The molecule has 2 N–H and O–H groups in total. The summed E-state index contributed by atoms with van der Waals surface area (Å²) >= 11 is 0. The lowest BCUT2D eigenvalue weighted by Crippen LogP contribution is -2.11. The molecule has 1 nitrogen and oxygen atoms in total. The minimum Gasteiger partial charge on any atom is -0.320 e. The Hall–Kier alpha value is -1.60. The molecule has 2 aromatic rings. The number of hydrogen-bond acceptors (Lipinski definition) is 1. The molecule has 0 fully saturated rings. The van der Waals surface area contributed by atoms with Crippen molar-refractivity contribution in [2.45, 2.75) is 6.04 Å². The van der Waals surface area contributed by atoms with Crippen LogP contribution < -0.4 is 5.73 Å². The van der Waals surface area contributed by atoms with Crippen molar-refractivity contribution in [3.63, 3.8) is 0 Å². The van der Waals surface area contributed by atoms with Gasteiger partial charge in [0.2, 0.25) is 0 Å². The highest BCUT2D eigenvalue weighted by Crippen LogP contribution is 2.18. The van der Waals surface area contributed by atoms with Gasteiger partial charge in [-0.25, -0.2) is 0 Å². The first-order chi connectivity index (χ1) is 7.27. The summed E-state index contributed by atoms with van der Waals surface area (Å²) in [7, 11) is 0. The van der Waals surface area contributed by atoms with Gasteiger partial charge in [-0.3, -0.25) is 0 Å². The maximum Gasteiger partial charge on any atom is 0.0623 e. The van der Waals surface area contributed by atoms with Crippen molar-refractivity contribution in [2.24, 2.45) is 5.73 Å². The normalized spacial score (nSPS) is 13.4. The molecule has 2 rings (SSSR count). The molecule has 70 valence electrons. The first-order valence-electron chi connectivity index (χ1n) is 5.14. The summed E-state index contributed by atoms with van der Waals surface area (Å²) in [5, 5.41) is 0. The average molecular weight is 184 g/mol. The molecular weight excluding hydrogens is 170 g/mol. The summed E-state index contributed by atoms with van der Waals surface area (Å²) in [6.07, 6.45) is 0. The molecule has 1 heteroatoms. The Labute approximate surface area is 85.6 Å². The third kappa shape index (κ3) is 1.83. The number of rotatable bonds is 2. The molecule has 0 bridgehead atoms. The predicted octanol–water partition coefficient (Wildman–Crippen LogP) is 2.73. The molecule has 0 amide bonds. The lowest BCUT2D eigenvalue weighted by Gasteiger charge is -2.11. The lowest BCUT2D eigenvalue weighted by atomic mass is 10.00. The van der Waals surface area contributed by atoms with E-state index in [1.807, 2.05) is 42.5 Å². The summed E-state index contributed by atoms with van der Waals surface area (Å²) in [6, 6.07) is 17.7. The van der Waals surface area contributed by atoms with Gasteiger partial charge in [0, 0.05) is 0 Å². The van der Waals surface area contributed by atoms with Crippen LogP contribution in [0.2, 0.25) is 0 Å². The summed E-state index contributed by atoms with van der Waals surface area (Å²) in [6.45, 7) is 0. The number of hydrogen-bond donors (Lipinski definition) is 1. The highest BCUT2D eigenvalue weighted by Gasteiger charge is 2.06. The summed E-state index contributed by atoms with van der Waals surface area (Å²) < 4.78 is 7.40. The molecule has 0 unspecified atom stereocenters. The zero-order valence-electron chi connectivity index (χ0n) is 8.85. The molecule has 0 spiro atoms. The SMILES string of the molecule is [2H]c1ccc([C@H](N)c2ccccc2)cc1. The molecule has 0 saturated heterocycles. The molecule has 0 saturated carbocycles. The zero-order valence-corrected chi connectivity index (χ0v) is 7.85. The van der Waals surface area contributed by atoms with Crippen molar-refractivity contribution >= 4 is 0 Å². The van der Waals surface area contributed by atoms with E-state index in [1.165, 1.54) is 0 Å². The van der Waals surface area contributed by atoms with Gasteiger partial charge in [-0.05, 0) is 11.1 Å². The summed E-state index contributed by atoms with van der Waals surface area (Å²) in [5.74, 6) is 0. The molecule has 0 heterocycles. The fraction of sp³-hybridized carbons (Fsp3) is 0.0769. The Kier molecular flexibility index (Phi) is 2.26. The van der Waals surface area contributed by atoms with E-state index >= 15 is 0 Å². The second-order valence-corrected chi connectivity index (χ2v) is 3.22. The Bertz CT molecular complexity index is 422. The molecule has 0 aliphatic rings. The van der Waals surface area contributed by atoms with Crippen molar-refractivity contribution in [1.29, 1.82) is 0 Å². The van der Waals surface area contributed by atoms with E-state index < -0.39 is 0 Å². The van der Waals surface area contributed by atoms with Gasteiger partial charge in [0.1, 0.15) is 0 Å². The van der Waals surface area contributed by atoms with Crippen LogP contribution >= 0.6 is 0 Å². The molecule has 0 aliphatic carbocycles. The first kappa shape index (κ1) is 7.77. The van der Waals surface area contributed by atoms with Gasteiger partial charge >= 0.3 is 0 Å². The van der Waals surface area contributed by atoms with Crippen LogP contribution in [0.3, 0.4) is 0 Å². The Morgan fingerprint density at radius 1 is 0.857 bits per heavy atom. The quantitative estimate of drug-likeness (QED) is 0.763. The number of benzene rings is 2. The van der Waals surface area contributed by atoms with E-state index in [4.69, 9.17) is 7.10 Å². The van der Waals surface area contributed by atoms with Gasteiger partial charge in [0.25, 0.3) is 0 Å². The van der Waals surface area contributed by atoms with Gasteiger partial charge in [0.05, 0.1) is 7.41 Å². The van der Waals surface area contributed by atoms with E-state index in [0.29, 0.717) is 6.04 Å². The average Bonchev–Trinajstić information content (AvgIpc) is 2.30. The number of nitrogens with two attached hydrogens (primary N) is 1. The second-order valence-electron chi connectivity index (χ2n) is 3.22. The summed E-state index contributed by atoms with van der Waals surface area (Å²) in [4.78, 5) is 0. The van der Waals surface area contributed by atoms with Gasteiger partial charge < -0.3 is 5.73 Å². The molecule has 0 aromatic heterocycles. The third-order valence-corrected chi connectivity index (χ3v) is 2.26. The second kappa shape index (κ2) is 4.07. The van der Waals surface area contributed by atoms with Gasteiger partial charge in [-0.15, -0.1) is 0 Å². The van der Waals surface area contributed by atoms with Crippen molar-refractivity contribution in [3.8, 4) is 0 Å². The van der Waals surface area contributed by atoms with Crippen LogP contribution in [0.1, 0.15) is 18.5 Å². The topological polar surface area (TPSA) is 26.0 Å². The molecule has 0 aliphatic heterocycles. The van der Waals surface area contributed by atoms with Crippen LogP contribution in [0.4, 0.5) is 0 Å². The minimum atomic E-state index is -0.105. The molecule has 0 radical (unpaired) electrons. The van der Waals surface area contributed by atoms with Crippen LogP contribution in [0.25, 0.3) is 0 Å². The Balaban J connectivity index is 2.29. The maximum absolute atomic E-state index is 7.40. The van der Waals surface area contributed by atoms with Crippen LogP contribution in [0.15, 0.2) is 60.6 Å². The van der Waals surface area contributed by atoms with Crippen molar-refractivity contribution in [2.75, 3.05) is 0 Å². The molecular formula is C13H13N. The first-order valence-corrected chi connectivity index (χ1v) is 4.64. The zero-order chi connectivity index (χ0) is 10.7. The van der Waals surface area contributed by atoms with E-state index in [1.54, 1.807) is 12.1 Å². The summed E-state index contributed by atoms with van der Waals surface area (Å²) in [5.41, 5.74) is 8.24. The predicted molar refractivity (Wildman–Crippen MR) is 58.9 cm³/mol. The van der Waals surface area contributed by atoms with E-state index in [-0.39, 0.29) is 6.04 Å². The third-order valence-electron chi connectivity index (χ3n) is 2.26. The molecule has 1 atom stereocenters. The largest absolute Gasteiger partial charge is 0.320 e. The van der Waals surface area contributed by atoms with Crippen molar-refractivity contribution < 1.29 is 1.37 Å². The van der Waals surface area contributed by atoms with E-state index in [9.17, 15) is 0 Å². The Morgan fingerprint density at radius 2 is 1.36 bits per heavy atom. The highest BCUT2D eigenvalue weighted by atomic mass is 14.6. The van der Waals surface area contributed by atoms with Crippen LogP contribution in [-0.4, -0.2) is 0 Å². The monoisotopic (exact) mass is 184 g/mol. The molecule has 14 heavy (non-hydrogen) atoms. The molecule has 2 aromatic carbocycles. The smallest absolute Gasteiger partial charge is 0.0623 e. The van der Waals surface area contributed by atoms with Crippen molar-refractivity contribution in [1.82, 2.24) is 0 Å². The minimum absolute atomic E-state index is 0.105.